The molecule has 0 spiro atoms. The van der Waals surface area contributed by atoms with Gasteiger partial charge in [-0.3, -0.25) is 4.79 Å². The van der Waals surface area contributed by atoms with Crippen molar-refractivity contribution < 1.29 is 4.79 Å². The fourth-order valence-electron chi connectivity index (χ4n) is 1.58. The summed E-state index contributed by atoms with van der Waals surface area (Å²) in [4.78, 5) is 15.9. The maximum absolute atomic E-state index is 12.0. The van der Waals surface area contributed by atoms with Crippen LogP contribution in [0.3, 0.4) is 0 Å². The highest BCUT2D eigenvalue weighted by atomic mass is 79.9. The number of pyridine rings is 1. The lowest BCUT2D eigenvalue weighted by molar-refractivity contribution is 0.0993. The van der Waals surface area contributed by atoms with Crippen molar-refractivity contribution in [2.75, 3.05) is 5.73 Å². The summed E-state index contributed by atoms with van der Waals surface area (Å²) in [6, 6.07) is 11.1. The van der Waals surface area contributed by atoms with Crippen LogP contribution >= 0.6 is 15.9 Å². The van der Waals surface area contributed by atoms with Crippen LogP contribution in [0.2, 0.25) is 0 Å². The zero-order valence-electron chi connectivity index (χ0n) is 9.06. The molecule has 2 rings (SSSR count). The molecule has 86 valence electrons. The van der Waals surface area contributed by atoms with E-state index in [0.29, 0.717) is 12.0 Å². The van der Waals surface area contributed by atoms with Gasteiger partial charge in [0.25, 0.3) is 0 Å². The van der Waals surface area contributed by atoms with Crippen LogP contribution in [0, 0.1) is 0 Å². The van der Waals surface area contributed by atoms with Gasteiger partial charge in [0.15, 0.2) is 5.78 Å². The minimum absolute atomic E-state index is 0.0197. The molecule has 0 bridgehead atoms. The Balaban J connectivity index is 2.20. The van der Waals surface area contributed by atoms with E-state index in [1.54, 1.807) is 18.3 Å². The van der Waals surface area contributed by atoms with Crippen LogP contribution in [0.1, 0.15) is 15.9 Å². The van der Waals surface area contributed by atoms with Gasteiger partial charge in [0.1, 0.15) is 5.82 Å². The fraction of sp³-hybridized carbons (Fsp3) is 0.0769. The summed E-state index contributed by atoms with van der Waals surface area (Å²) in [7, 11) is 0. The number of ketones is 1. The first kappa shape index (κ1) is 11.8. The highest BCUT2D eigenvalue weighted by Gasteiger charge is 2.10. The van der Waals surface area contributed by atoms with Crippen LogP contribution in [-0.2, 0) is 6.42 Å². The lowest BCUT2D eigenvalue weighted by atomic mass is 10.0. The molecule has 4 heteroatoms. The number of aromatic nitrogens is 1. The number of hydrogen-bond acceptors (Lipinski definition) is 3. The molecule has 17 heavy (non-hydrogen) atoms. The van der Waals surface area contributed by atoms with Crippen LogP contribution < -0.4 is 5.73 Å². The first-order valence-electron chi connectivity index (χ1n) is 5.15. The Hall–Kier alpha value is -1.68. The standard InChI is InChI=1S/C13H11BrN2O/c14-10-4-1-3-9(7-10)8-12(17)11-5-2-6-16-13(11)15/h1-7H,8H2,(H2,15,16). The SMILES string of the molecule is Nc1ncccc1C(=O)Cc1cccc(Br)c1. The number of carbonyl (C=O) groups is 1. The number of Topliss-reactive ketones (excluding diaryl/α,β-unsaturated/α-hetero) is 1. The molecule has 0 aliphatic carbocycles. The Bertz CT molecular complexity index is 555. The van der Waals surface area contributed by atoms with Gasteiger partial charge in [-0.2, -0.15) is 0 Å². The maximum Gasteiger partial charge on any atom is 0.170 e. The molecule has 0 unspecified atom stereocenters. The second kappa shape index (κ2) is 5.10. The number of benzene rings is 1. The number of anilines is 1. The molecule has 0 aliphatic heterocycles. The van der Waals surface area contributed by atoms with Crippen molar-refractivity contribution in [1.82, 2.24) is 4.98 Å². The van der Waals surface area contributed by atoms with Crippen LogP contribution in [-0.4, -0.2) is 10.8 Å². The van der Waals surface area contributed by atoms with E-state index in [9.17, 15) is 4.79 Å². The van der Waals surface area contributed by atoms with E-state index in [4.69, 9.17) is 5.73 Å². The molecule has 1 heterocycles. The summed E-state index contributed by atoms with van der Waals surface area (Å²) < 4.78 is 0.960. The number of halogens is 1. The van der Waals surface area contributed by atoms with Crippen molar-refractivity contribution in [2.45, 2.75) is 6.42 Å². The third-order valence-electron chi connectivity index (χ3n) is 2.39. The summed E-state index contributed by atoms with van der Waals surface area (Å²) in [5.41, 5.74) is 7.09. The fourth-order valence-corrected chi connectivity index (χ4v) is 2.03. The van der Waals surface area contributed by atoms with E-state index >= 15 is 0 Å². The second-order valence-corrected chi connectivity index (χ2v) is 4.58. The van der Waals surface area contributed by atoms with E-state index < -0.39 is 0 Å². The summed E-state index contributed by atoms with van der Waals surface area (Å²) in [6.07, 6.45) is 1.90. The number of nitrogens with zero attached hydrogens (tertiary/aromatic N) is 1. The Kier molecular flexibility index (Phi) is 3.54. The van der Waals surface area contributed by atoms with E-state index in [0.717, 1.165) is 10.0 Å². The molecule has 0 atom stereocenters. The number of nitrogen functional groups attached to an aromatic ring is 1. The van der Waals surface area contributed by atoms with Crippen LogP contribution in [0.15, 0.2) is 47.1 Å². The molecular weight excluding hydrogens is 280 g/mol. The molecule has 0 amide bonds. The molecule has 2 aromatic rings. The lowest BCUT2D eigenvalue weighted by Crippen LogP contribution is -2.08. The molecule has 2 N–H and O–H groups in total. The maximum atomic E-state index is 12.0. The number of rotatable bonds is 3. The highest BCUT2D eigenvalue weighted by molar-refractivity contribution is 9.10. The first-order chi connectivity index (χ1) is 8.16. The number of carbonyl (C=O) groups excluding carboxylic acids is 1. The van der Waals surface area contributed by atoms with Crippen molar-refractivity contribution >= 4 is 27.5 Å². The van der Waals surface area contributed by atoms with Crippen LogP contribution in [0.5, 0.6) is 0 Å². The van der Waals surface area contributed by atoms with E-state index in [1.807, 2.05) is 24.3 Å². The number of nitrogens with two attached hydrogens (primary N) is 1. The van der Waals surface area contributed by atoms with Gasteiger partial charge in [-0.15, -0.1) is 0 Å². The van der Waals surface area contributed by atoms with Gasteiger partial charge in [0.05, 0.1) is 5.56 Å². The Morgan fingerprint density at radius 2 is 2.12 bits per heavy atom. The van der Waals surface area contributed by atoms with Gasteiger partial charge in [-0.05, 0) is 29.8 Å². The predicted molar refractivity (Wildman–Crippen MR) is 70.8 cm³/mol. The van der Waals surface area contributed by atoms with Gasteiger partial charge >= 0.3 is 0 Å². The van der Waals surface area contributed by atoms with Crippen molar-refractivity contribution in [2.24, 2.45) is 0 Å². The number of hydrogen-bond donors (Lipinski definition) is 1. The smallest absolute Gasteiger partial charge is 0.170 e. The van der Waals surface area contributed by atoms with E-state index in [2.05, 4.69) is 20.9 Å². The minimum atomic E-state index is -0.0197. The molecule has 1 aromatic carbocycles. The Morgan fingerprint density at radius 3 is 2.82 bits per heavy atom. The van der Waals surface area contributed by atoms with Crippen molar-refractivity contribution in [3.8, 4) is 0 Å². The largest absolute Gasteiger partial charge is 0.383 e. The van der Waals surface area contributed by atoms with E-state index in [-0.39, 0.29) is 11.6 Å². The molecule has 3 nitrogen and oxygen atoms in total. The molecule has 0 saturated heterocycles. The van der Waals surface area contributed by atoms with Crippen LogP contribution in [0.4, 0.5) is 5.82 Å². The highest BCUT2D eigenvalue weighted by Crippen LogP contribution is 2.15. The predicted octanol–water partition coefficient (Wildman–Crippen LogP) is 2.85. The van der Waals surface area contributed by atoms with Gasteiger partial charge < -0.3 is 5.73 Å². The molecule has 0 fully saturated rings. The second-order valence-electron chi connectivity index (χ2n) is 3.67. The monoisotopic (exact) mass is 290 g/mol. The Labute approximate surface area is 108 Å². The molecule has 0 aliphatic rings. The van der Waals surface area contributed by atoms with Gasteiger partial charge in [-0.1, -0.05) is 28.1 Å². The Morgan fingerprint density at radius 1 is 1.29 bits per heavy atom. The summed E-state index contributed by atoms with van der Waals surface area (Å²) in [5.74, 6) is 0.265. The third kappa shape index (κ3) is 2.91. The van der Waals surface area contributed by atoms with Crippen molar-refractivity contribution in [3.05, 3.63) is 58.2 Å². The van der Waals surface area contributed by atoms with Crippen LogP contribution in [0.25, 0.3) is 0 Å². The zero-order valence-corrected chi connectivity index (χ0v) is 10.6. The lowest BCUT2D eigenvalue weighted by Gasteiger charge is -2.04. The van der Waals surface area contributed by atoms with Gasteiger partial charge in [0.2, 0.25) is 0 Å². The third-order valence-corrected chi connectivity index (χ3v) is 2.89. The summed E-state index contributed by atoms with van der Waals surface area (Å²) >= 11 is 3.37. The van der Waals surface area contributed by atoms with Gasteiger partial charge in [0, 0.05) is 17.1 Å². The normalized spacial score (nSPS) is 10.2. The topological polar surface area (TPSA) is 56.0 Å². The summed E-state index contributed by atoms with van der Waals surface area (Å²) in [6.45, 7) is 0. The van der Waals surface area contributed by atoms with Gasteiger partial charge in [-0.25, -0.2) is 4.98 Å². The average molecular weight is 291 g/mol. The summed E-state index contributed by atoms with van der Waals surface area (Å²) in [5, 5.41) is 0. The van der Waals surface area contributed by atoms with Crippen molar-refractivity contribution in [3.63, 3.8) is 0 Å². The zero-order chi connectivity index (χ0) is 12.3. The average Bonchev–Trinajstić information content (AvgIpc) is 2.29. The molecule has 1 aromatic heterocycles. The quantitative estimate of drug-likeness (QED) is 0.885. The van der Waals surface area contributed by atoms with E-state index in [1.165, 1.54) is 0 Å². The minimum Gasteiger partial charge on any atom is -0.383 e. The molecule has 0 radical (unpaired) electrons. The van der Waals surface area contributed by atoms with Crippen molar-refractivity contribution in [1.29, 1.82) is 0 Å². The molecule has 0 saturated carbocycles. The first-order valence-corrected chi connectivity index (χ1v) is 5.94. The molecular formula is C13H11BrN2O.